The number of piperidine rings is 1. The first kappa shape index (κ1) is 24.6. The van der Waals surface area contributed by atoms with Crippen molar-refractivity contribution in [2.45, 2.75) is 26.3 Å². The second-order valence-corrected chi connectivity index (χ2v) is 9.68. The van der Waals surface area contributed by atoms with E-state index in [4.69, 9.17) is 4.99 Å². The van der Waals surface area contributed by atoms with E-state index in [9.17, 15) is 8.42 Å². The lowest BCUT2D eigenvalue weighted by atomic mass is 9.98. The van der Waals surface area contributed by atoms with Crippen LogP contribution in [0.2, 0.25) is 0 Å². The molecule has 1 saturated heterocycles. The fourth-order valence-corrected chi connectivity index (χ4v) is 4.19. The van der Waals surface area contributed by atoms with Gasteiger partial charge in [0.15, 0.2) is 5.96 Å². The van der Waals surface area contributed by atoms with Gasteiger partial charge in [-0.25, -0.2) is 12.7 Å². The fourth-order valence-electron chi connectivity index (χ4n) is 3.05. The molecule has 0 aliphatic carbocycles. The Morgan fingerprint density at radius 1 is 1.30 bits per heavy atom. The normalized spacial score (nSPS) is 16.7. The number of halogens is 2. The van der Waals surface area contributed by atoms with E-state index < -0.39 is 10.0 Å². The van der Waals surface area contributed by atoms with Gasteiger partial charge < -0.3 is 10.2 Å². The van der Waals surface area contributed by atoms with Crippen molar-refractivity contribution in [3.8, 4) is 0 Å². The van der Waals surface area contributed by atoms with Crippen LogP contribution < -0.4 is 5.32 Å². The van der Waals surface area contributed by atoms with Crippen LogP contribution in [0.3, 0.4) is 0 Å². The summed E-state index contributed by atoms with van der Waals surface area (Å²) in [6.07, 6.45) is 3.02. The molecule has 1 aliphatic heterocycles. The lowest BCUT2D eigenvalue weighted by Gasteiger charge is -2.30. The third kappa shape index (κ3) is 8.25. The Labute approximate surface area is 189 Å². The minimum Gasteiger partial charge on any atom is -0.357 e. The Morgan fingerprint density at radius 2 is 1.89 bits per heavy atom. The molecule has 0 unspecified atom stereocenters. The van der Waals surface area contributed by atoms with Gasteiger partial charge >= 0.3 is 0 Å². The van der Waals surface area contributed by atoms with Gasteiger partial charge in [0.1, 0.15) is 0 Å². The van der Waals surface area contributed by atoms with Crippen molar-refractivity contribution >= 4 is 55.9 Å². The van der Waals surface area contributed by atoms with Gasteiger partial charge in [-0.15, -0.1) is 24.0 Å². The number of hydrogen-bond acceptors (Lipinski definition) is 3. The van der Waals surface area contributed by atoms with Crippen molar-refractivity contribution in [1.29, 1.82) is 0 Å². The maximum Gasteiger partial charge on any atom is 0.211 e. The van der Waals surface area contributed by atoms with Gasteiger partial charge in [-0.2, -0.15) is 0 Å². The second-order valence-electron chi connectivity index (χ2n) is 6.78. The highest BCUT2D eigenvalue weighted by molar-refractivity contribution is 14.0. The van der Waals surface area contributed by atoms with Gasteiger partial charge in [0.2, 0.25) is 10.0 Å². The average molecular weight is 573 g/mol. The molecule has 0 atom stereocenters. The van der Waals surface area contributed by atoms with Crippen LogP contribution >= 0.6 is 39.9 Å². The number of benzene rings is 1. The molecule has 0 spiro atoms. The summed E-state index contributed by atoms with van der Waals surface area (Å²) in [5.74, 6) is 1.32. The van der Waals surface area contributed by atoms with E-state index in [0.717, 1.165) is 42.9 Å². The standard InChI is InChI=1S/C18H29BrN4O2S.HI/c1-4-20-18(22(2)14-16-5-7-17(19)8-6-16)21-13-15-9-11-23(12-10-15)26(3,24)25;/h5-8,15H,4,9-14H2,1-3H3,(H,20,21);1H. The van der Waals surface area contributed by atoms with Gasteiger partial charge in [0.05, 0.1) is 6.26 Å². The molecule has 0 radical (unpaired) electrons. The lowest BCUT2D eigenvalue weighted by Crippen LogP contribution is -2.40. The topological polar surface area (TPSA) is 65.0 Å². The molecular weight excluding hydrogens is 543 g/mol. The predicted molar refractivity (Wildman–Crippen MR) is 126 cm³/mol. The first-order valence-electron chi connectivity index (χ1n) is 8.98. The number of nitrogens with one attached hydrogen (secondary N) is 1. The van der Waals surface area contributed by atoms with E-state index >= 15 is 0 Å². The molecule has 27 heavy (non-hydrogen) atoms. The summed E-state index contributed by atoms with van der Waals surface area (Å²) in [4.78, 5) is 6.92. The zero-order valence-corrected chi connectivity index (χ0v) is 20.9. The highest BCUT2D eigenvalue weighted by Gasteiger charge is 2.24. The molecule has 0 bridgehead atoms. The zero-order valence-electron chi connectivity index (χ0n) is 16.2. The summed E-state index contributed by atoms with van der Waals surface area (Å²) in [6.45, 7) is 5.59. The molecule has 1 aromatic rings. The van der Waals surface area contributed by atoms with Crippen LogP contribution in [-0.4, -0.2) is 63.1 Å². The summed E-state index contributed by atoms with van der Waals surface area (Å²) >= 11 is 3.46. The monoisotopic (exact) mass is 572 g/mol. The summed E-state index contributed by atoms with van der Waals surface area (Å²) in [7, 11) is -1.03. The Morgan fingerprint density at radius 3 is 2.41 bits per heavy atom. The molecule has 0 amide bonds. The van der Waals surface area contributed by atoms with Gasteiger partial charge in [0, 0.05) is 44.2 Å². The molecule has 1 aromatic carbocycles. The van der Waals surface area contributed by atoms with E-state index in [1.54, 1.807) is 4.31 Å². The fraction of sp³-hybridized carbons (Fsp3) is 0.611. The molecule has 1 N–H and O–H groups in total. The molecular formula is C18H30BrIN4O2S. The molecule has 1 aliphatic rings. The first-order chi connectivity index (χ1) is 12.3. The first-order valence-corrected chi connectivity index (χ1v) is 11.6. The average Bonchev–Trinajstić information content (AvgIpc) is 2.60. The van der Waals surface area contributed by atoms with E-state index in [1.165, 1.54) is 11.8 Å². The Hall–Kier alpha value is -0.390. The van der Waals surface area contributed by atoms with Crippen LogP contribution in [0.1, 0.15) is 25.3 Å². The molecule has 154 valence electrons. The molecule has 9 heteroatoms. The smallest absolute Gasteiger partial charge is 0.211 e. The Bertz CT molecular complexity index is 705. The molecule has 0 saturated carbocycles. The summed E-state index contributed by atoms with van der Waals surface area (Å²) in [5, 5.41) is 3.35. The summed E-state index contributed by atoms with van der Waals surface area (Å²) in [5.41, 5.74) is 1.22. The number of sulfonamides is 1. The lowest BCUT2D eigenvalue weighted by molar-refractivity contribution is 0.279. The minimum absolute atomic E-state index is 0. The molecule has 0 aromatic heterocycles. The van der Waals surface area contributed by atoms with Crippen LogP contribution in [0.4, 0.5) is 0 Å². The number of aliphatic imine (C=N–C) groups is 1. The van der Waals surface area contributed by atoms with Crippen LogP contribution in [0.5, 0.6) is 0 Å². The summed E-state index contributed by atoms with van der Waals surface area (Å²) < 4.78 is 25.9. The van der Waals surface area contributed by atoms with Crippen molar-refractivity contribution in [3.05, 3.63) is 34.3 Å². The van der Waals surface area contributed by atoms with Crippen molar-refractivity contribution < 1.29 is 8.42 Å². The molecule has 1 heterocycles. The third-order valence-corrected chi connectivity index (χ3v) is 6.40. The van der Waals surface area contributed by atoms with Crippen molar-refractivity contribution in [2.24, 2.45) is 10.9 Å². The van der Waals surface area contributed by atoms with Crippen molar-refractivity contribution in [3.63, 3.8) is 0 Å². The molecule has 2 rings (SSSR count). The Balaban J connectivity index is 0.00000364. The number of rotatable bonds is 6. The number of hydrogen-bond donors (Lipinski definition) is 1. The summed E-state index contributed by atoms with van der Waals surface area (Å²) in [6, 6.07) is 8.29. The van der Waals surface area contributed by atoms with Crippen molar-refractivity contribution in [2.75, 3.05) is 39.5 Å². The van der Waals surface area contributed by atoms with E-state index in [-0.39, 0.29) is 24.0 Å². The van der Waals surface area contributed by atoms with Crippen molar-refractivity contribution in [1.82, 2.24) is 14.5 Å². The second kappa shape index (κ2) is 11.6. The van der Waals surface area contributed by atoms with E-state index in [1.807, 2.05) is 19.2 Å². The third-order valence-electron chi connectivity index (χ3n) is 4.57. The van der Waals surface area contributed by atoms with Crippen LogP contribution in [-0.2, 0) is 16.6 Å². The van der Waals surface area contributed by atoms with E-state index in [2.05, 4.69) is 45.2 Å². The molecule has 1 fully saturated rings. The number of guanidine groups is 1. The van der Waals surface area contributed by atoms with Gasteiger partial charge in [-0.1, -0.05) is 28.1 Å². The zero-order chi connectivity index (χ0) is 19.2. The highest BCUT2D eigenvalue weighted by atomic mass is 127. The maximum atomic E-state index is 11.6. The van der Waals surface area contributed by atoms with E-state index in [0.29, 0.717) is 19.0 Å². The van der Waals surface area contributed by atoms with Gasteiger partial charge in [-0.05, 0) is 43.4 Å². The molecule has 6 nitrogen and oxygen atoms in total. The number of nitrogens with zero attached hydrogens (tertiary/aromatic N) is 3. The SMILES string of the molecule is CCNC(=NCC1CCN(S(C)(=O)=O)CC1)N(C)Cc1ccc(Br)cc1.I. The largest absolute Gasteiger partial charge is 0.357 e. The quantitative estimate of drug-likeness (QED) is 0.323. The van der Waals surface area contributed by atoms with Gasteiger partial charge in [-0.3, -0.25) is 4.99 Å². The van der Waals surface area contributed by atoms with Crippen LogP contribution in [0.25, 0.3) is 0 Å². The Kier molecular flexibility index (Phi) is 10.6. The maximum absolute atomic E-state index is 11.6. The minimum atomic E-state index is -3.07. The van der Waals surface area contributed by atoms with Crippen LogP contribution in [0.15, 0.2) is 33.7 Å². The van der Waals surface area contributed by atoms with Crippen LogP contribution in [0, 0.1) is 5.92 Å². The highest BCUT2D eigenvalue weighted by Crippen LogP contribution is 2.19. The predicted octanol–water partition coefficient (Wildman–Crippen LogP) is 3.14. The van der Waals surface area contributed by atoms with Gasteiger partial charge in [0.25, 0.3) is 0 Å².